The van der Waals surface area contributed by atoms with E-state index in [-0.39, 0.29) is 0 Å². The highest BCUT2D eigenvalue weighted by Crippen LogP contribution is 2.06. The maximum Gasteiger partial charge on any atom is 0.326 e. The van der Waals surface area contributed by atoms with Crippen LogP contribution in [0.4, 0.5) is 0 Å². The summed E-state index contributed by atoms with van der Waals surface area (Å²) in [6.07, 6.45) is 2.69. The van der Waals surface area contributed by atoms with Crippen LogP contribution >= 0.6 is 0 Å². The molecular formula is C11H17N3O3. The van der Waals surface area contributed by atoms with Crippen molar-refractivity contribution in [1.29, 1.82) is 0 Å². The van der Waals surface area contributed by atoms with Crippen LogP contribution in [0.2, 0.25) is 0 Å². The minimum absolute atomic E-state index is 0.392. The maximum absolute atomic E-state index is 11.8. The van der Waals surface area contributed by atoms with E-state index in [0.717, 1.165) is 0 Å². The van der Waals surface area contributed by atoms with Crippen LogP contribution in [0.5, 0.6) is 0 Å². The van der Waals surface area contributed by atoms with E-state index < -0.39 is 17.9 Å². The Hall–Kier alpha value is -1.85. The third kappa shape index (κ3) is 3.30. The molecule has 0 aliphatic heterocycles. The number of carboxylic acid groups (broad SMARTS) is 1. The molecule has 0 fully saturated rings. The van der Waals surface area contributed by atoms with Crippen molar-refractivity contribution in [3.8, 4) is 0 Å². The number of nitrogens with one attached hydrogen (secondary N) is 1. The van der Waals surface area contributed by atoms with Crippen LogP contribution in [-0.2, 0) is 11.8 Å². The highest BCUT2D eigenvalue weighted by Gasteiger charge is 2.21. The first-order valence-corrected chi connectivity index (χ1v) is 5.49. The summed E-state index contributed by atoms with van der Waals surface area (Å²) >= 11 is 0. The number of aromatic nitrogens is 2. The molecule has 0 aliphatic carbocycles. The fraction of sp³-hybridized carbons (Fsp3) is 0.545. The van der Waals surface area contributed by atoms with Gasteiger partial charge in [-0.25, -0.2) is 4.79 Å². The van der Waals surface area contributed by atoms with Crippen molar-refractivity contribution in [2.75, 3.05) is 0 Å². The molecule has 1 atom stereocenters. The Morgan fingerprint density at radius 1 is 1.59 bits per heavy atom. The summed E-state index contributed by atoms with van der Waals surface area (Å²) < 4.78 is 1.53. The van der Waals surface area contributed by atoms with Crippen LogP contribution < -0.4 is 5.32 Å². The molecule has 6 heteroatoms. The Kier molecular flexibility index (Phi) is 4.25. The number of hydrogen-bond donors (Lipinski definition) is 2. The average Bonchev–Trinajstić information content (AvgIpc) is 2.57. The van der Waals surface area contributed by atoms with Gasteiger partial charge < -0.3 is 10.4 Å². The van der Waals surface area contributed by atoms with Crippen LogP contribution in [0.15, 0.2) is 6.20 Å². The molecule has 1 aromatic heterocycles. The van der Waals surface area contributed by atoms with E-state index in [1.54, 1.807) is 20.2 Å². The Balaban J connectivity index is 2.77. The van der Waals surface area contributed by atoms with Crippen molar-refractivity contribution < 1.29 is 14.7 Å². The van der Waals surface area contributed by atoms with Gasteiger partial charge in [0.05, 0.1) is 11.3 Å². The lowest BCUT2D eigenvalue weighted by Crippen LogP contribution is -2.40. The number of carboxylic acids is 1. The van der Waals surface area contributed by atoms with Crippen molar-refractivity contribution in [2.45, 2.75) is 32.7 Å². The van der Waals surface area contributed by atoms with E-state index in [1.807, 2.05) is 6.92 Å². The van der Waals surface area contributed by atoms with Crippen LogP contribution in [0.25, 0.3) is 0 Å². The number of rotatable bonds is 5. The van der Waals surface area contributed by atoms with Gasteiger partial charge >= 0.3 is 5.97 Å². The molecule has 0 saturated carbocycles. The van der Waals surface area contributed by atoms with Gasteiger partial charge in [-0.15, -0.1) is 0 Å². The Labute approximate surface area is 99.6 Å². The van der Waals surface area contributed by atoms with Gasteiger partial charge in [-0.3, -0.25) is 9.48 Å². The molecule has 1 amide bonds. The second-order valence-corrected chi connectivity index (χ2v) is 3.95. The Bertz CT molecular complexity index is 426. The summed E-state index contributed by atoms with van der Waals surface area (Å²) in [7, 11) is 1.71. The predicted molar refractivity (Wildman–Crippen MR) is 61.7 cm³/mol. The Morgan fingerprint density at radius 2 is 2.24 bits per heavy atom. The molecule has 0 radical (unpaired) electrons. The number of aryl methyl sites for hydroxylation is 2. The van der Waals surface area contributed by atoms with Gasteiger partial charge in [0, 0.05) is 13.2 Å². The fourth-order valence-corrected chi connectivity index (χ4v) is 1.60. The molecule has 0 bridgehead atoms. The smallest absolute Gasteiger partial charge is 0.326 e. The second kappa shape index (κ2) is 5.47. The second-order valence-electron chi connectivity index (χ2n) is 3.95. The maximum atomic E-state index is 11.8. The highest BCUT2D eigenvalue weighted by atomic mass is 16.4. The molecular weight excluding hydrogens is 222 g/mol. The van der Waals surface area contributed by atoms with Crippen molar-refractivity contribution in [2.24, 2.45) is 7.05 Å². The van der Waals surface area contributed by atoms with Crippen LogP contribution in [0.1, 0.15) is 35.8 Å². The number of aliphatic carboxylic acids is 1. The van der Waals surface area contributed by atoms with Gasteiger partial charge in [-0.1, -0.05) is 13.3 Å². The van der Waals surface area contributed by atoms with Gasteiger partial charge in [0.15, 0.2) is 0 Å². The normalized spacial score (nSPS) is 12.2. The molecule has 0 aliphatic rings. The molecule has 0 unspecified atom stereocenters. The van der Waals surface area contributed by atoms with E-state index in [2.05, 4.69) is 10.4 Å². The van der Waals surface area contributed by atoms with Crippen molar-refractivity contribution in [3.05, 3.63) is 17.5 Å². The summed E-state index contributed by atoms with van der Waals surface area (Å²) in [6, 6.07) is -0.841. The Morgan fingerprint density at radius 3 is 2.65 bits per heavy atom. The molecule has 0 aromatic carbocycles. The van der Waals surface area contributed by atoms with E-state index in [9.17, 15) is 9.59 Å². The third-order valence-corrected chi connectivity index (χ3v) is 2.44. The summed E-state index contributed by atoms with van der Waals surface area (Å²) in [5.41, 5.74) is 1.00. The van der Waals surface area contributed by atoms with E-state index in [4.69, 9.17) is 5.11 Å². The molecule has 1 heterocycles. The molecule has 1 aromatic rings. The monoisotopic (exact) mass is 239 g/mol. The van der Waals surface area contributed by atoms with Gasteiger partial charge in [-0.05, 0) is 13.3 Å². The SMILES string of the molecule is CCC[C@@H](NC(=O)c1cn(C)nc1C)C(=O)O. The van der Waals surface area contributed by atoms with E-state index in [0.29, 0.717) is 24.1 Å². The average molecular weight is 239 g/mol. The summed E-state index contributed by atoms with van der Waals surface area (Å²) in [5, 5.41) is 15.5. The molecule has 1 rings (SSSR count). The number of amides is 1. The molecule has 0 saturated heterocycles. The molecule has 6 nitrogen and oxygen atoms in total. The topological polar surface area (TPSA) is 84.2 Å². The standard InChI is InChI=1S/C11H17N3O3/c1-4-5-9(11(16)17)12-10(15)8-6-14(3)13-7(8)2/h6,9H,4-5H2,1-3H3,(H,12,15)(H,16,17)/t9-/m1/s1. The fourth-order valence-electron chi connectivity index (χ4n) is 1.60. The third-order valence-electron chi connectivity index (χ3n) is 2.44. The zero-order chi connectivity index (χ0) is 13.0. The number of hydrogen-bond acceptors (Lipinski definition) is 3. The first-order chi connectivity index (χ1) is 7.95. The van der Waals surface area contributed by atoms with Crippen LogP contribution in [0, 0.1) is 6.92 Å². The lowest BCUT2D eigenvalue weighted by atomic mass is 10.1. The van der Waals surface area contributed by atoms with Gasteiger partial charge in [0.2, 0.25) is 0 Å². The molecule has 94 valence electrons. The quantitative estimate of drug-likeness (QED) is 0.792. The molecule has 17 heavy (non-hydrogen) atoms. The van der Waals surface area contributed by atoms with Crippen LogP contribution in [0.3, 0.4) is 0 Å². The summed E-state index contributed by atoms with van der Waals surface area (Å²) in [6.45, 7) is 3.59. The van der Waals surface area contributed by atoms with Gasteiger partial charge in [-0.2, -0.15) is 5.10 Å². The zero-order valence-corrected chi connectivity index (χ0v) is 10.2. The van der Waals surface area contributed by atoms with Gasteiger partial charge in [0.1, 0.15) is 6.04 Å². The summed E-state index contributed by atoms with van der Waals surface area (Å²) in [4.78, 5) is 22.8. The minimum atomic E-state index is -1.01. The first-order valence-electron chi connectivity index (χ1n) is 5.49. The van der Waals surface area contributed by atoms with Crippen molar-refractivity contribution in [1.82, 2.24) is 15.1 Å². The van der Waals surface area contributed by atoms with Crippen molar-refractivity contribution in [3.63, 3.8) is 0 Å². The molecule has 2 N–H and O–H groups in total. The lowest BCUT2D eigenvalue weighted by Gasteiger charge is -2.12. The van der Waals surface area contributed by atoms with Crippen LogP contribution in [-0.4, -0.2) is 32.8 Å². The predicted octanol–water partition coefficient (Wildman–Crippen LogP) is 0.712. The number of nitrogens with zero attached hydrogens (tertiary/aromatic N) is 2. The number of carbonyl (C=O) groups excluding carboxylic acids is 1. The van der Waals surface area contributed by atoms with E-state index >= 15 is 0 Å². The lowest BCUT2D eigenvalue weighted by molar-refractivity contribution is -0.139. The minimum Gasteiger partial charge on any atom is -0.480 e. The number of carbonyl (C=O) groups is 2. The summed E-state index contributed by atoms with van der Waals surface area (Å²) in [5.74, 6) is -1.40. The van der Waals surface area contributed by atoms with Crippen molar-refractivity contribution >= 4 is 11.9 Å². The molecule has 0 spiro atoms. The largest absolute Gasteiger partial charge is 0.480 e. The highest BCUT2D eigenvalue weighted by molar-refractivity contribution is 5.97. The zero-order valence-electron chi connectivity index (χ0n) is 10.2. The first kappa shape index (κ1) is 13.2. The van der Waals surface area contributed by atoms with E-state index in [1.165, 1.54) is 4.68 Å². The van der Waals surface area contributed by atoms with Gasteiger partial charge in [0.25, 0.3) is 5.91 Å².